The lowest BCUT2D eigenvalue weighted by atomic mass is 9.80. The molecule has 0 aliphatic rings. The normalized spacial score (nSPS) is 14.0. The van der Waals surface area contributed by atoms with Crippen LogP contribution in [0.3, 0.4) is 0 Å². The zero-order valence-electron chi connectivity index (χ0n) is 8.40. The van der Waals surface area contributed by atoms with Crippen molar-refractivity contribution in [1.29, 1.82) is 5.26 Å². The van der Waals surface area contributed by atoms with Crippen molar-refractivity contribution < 1.29 is 0 Å². The van der Waals surface area contributed by atoms with Gasteiger partial charge in [-0.05, 0) is 25.0 Å². The van der Waals surface area contributed by atoms with Gasteiger partial charge in [0.1, 0.15) is 5.41 Å². The molecule has 0 saturated carbocycles. The van der Waals surface area contributed by atoms with Crippen molar-refractivity contribution >= 4 is 0 Å². The summed E-state index contributed by atoms with van der Waals surface area (Å²) >= 11 is 0. The zero-order valence-corrected chi connectivity index (χ0v) is 8.40. The van der Waals surface area contributed by atoms with Gasteiger partial charge in [0.25, 0.3) is 0 Å². The molecule has 0 bridgehead atoms. The van der Waals surface area contributed by atoms with E-state index in [0.29, 0.717) is 6.42 Å². The largest absolute Gasteiger partial charge is 0.260 e. The van der Waals surface area contributed by atoms with E-state index < -0.39 is 5.41 Å². The summed E-state index contributed by atoms with van der Waals surface area (Å²) in [6, 6.07) is 8.01. The summed E-state index contributed by atoms with van der Waals surface area (Å²) in [6.45, 7) is 5.69. The third-order valence-corrected chi connectivity index (χ3v) is 2.47. The average molecular weight is 186 g/mol. The molecule has 1 aromatic rings. The van der Waals surface area contributed by atoms with Gasteiger partial charge in [0, 0.05) is 6.20 Å². The minimum atomic E-state index is -0.497. The maximum absolute atomic E-state index is 9.22. The van der Waals surface area contributed by atoms with Crippen LogP contribution < -0.4 is 0 Å². The Balaban J connectivity index is 3.12. The highest BCUT2D eigenvalue weighted by molar-refractivity contribution is 5.27. The fourth-order valence-corrected chi connectivity index (χ4v) is 1.50. The smallest absolute Gasteiger partial charge is 0.102 e. The SMILES string of the molecule is C=CCC(C#N)(CC)c1ccccn1. The van der Waals surface area contributed by atoms with Crippen LogP contribution in [0.25, 0.3) is 0 Å². The molecule has 1 aromatic heterocycles. The second-order valence-corrected chi connectivity index (χ2v) is 3.26. The van der Waals surface area contributed by atoms with Crippen LogP contribution in [-0.2, 0) is 5.41 Å². The highest BCUT2D eigenvalue weighted by Gasteiger charge is 2.29. The molecule has 0 aliphatic carbocycles. The Bertz CT molecular complexity index is 337. The molecule has 0 N–H and O–H groups in total. The van der Waals surface area contributed by atoms with Crippen LogP contribution in [0.2, 0.25) is 0 Å². The molecule has 72 valence electrons. The van der Waals surface area contributed by atoms with Gasteiger partial charge in [-0.2, -0.15) is 5.26 Å². The van der Waals surface area contributed by atoms with Gasteiger partial charge in [-0.1, -0.05) is 19.1 Å². The molecule has 1 rings (SSSR count). The summed E-state index contributed by atoms with van der Waals surface area (Å²) in [5, 5.41) is 9.22. The molecule has 0 spiro atoms. The Morgan fingerprint density at radius 2 is 2.43 bits per heavy atom. The van der Waals surface area contributed by atoms with Crippen molar-refractivity contribution in [3.05, 3.63) is 42.7 Å². The van der Waals surface area contributed by atoms with Crippen molar-refractivity contribution in [3.8, 4) is 6.07 Å². The second-order valence-electron chi connectivity index (χ2n) is 3.26. The van der Waals surface area contributed by atoms with Crippen molar-refractivity contribution in [1.82, 2.24) is 4.98 Å². The summed E-state index contributed by atoms with van der Waals surface area (Å²) in [5.41, 5.74) is 0.341. The Kier molecular flexibility index (Phi) is 3.41. The first-order valence-electron chi connectivity index (χ1n) is 4.72. The van der Waals surface area contributed by atoms with Gasteiger partial charge in [-0.3, -0.25) is 4.98 Å². The molecule has 1 heterocycles. The number of nitrogens with zero attached hydrogens (tertiary/aromatic N) is 2. The van der Waals surface area contributed by atoms with E-state index >= 15 is 0 Å². The Morgan fingerprint density at radius 3 is 2.86 bits per heavy atom. The van der Waals surface area contributed by atoms with Crippen LogP contribution in [0, 0.1) is 11.3 Å². The lowest BCUT2D eigenvalue weighted by Crippen LogP contribution is -2.23. The number of rotatable bonds is 4. The lowest BCUT2D eigenvalue weighted by molar-refractivity contribution is 0.521. The average Bonchev–Trinajstić information content (AvgIpc) is 2.27. The van der Waals surface area contributed by atoms with Crippen LogP contribution in [0.5, 0.6) is 0 Å². The highest BCUT2D eigenvalue weighted by Crippen LogP contribution is 2.29. The van der Waals surface area contributed by atoms with Crippen molar-refractivity contribution in [2.45, 2.75) is 25.2 Å². The number of allylic oxidation sites excluding steroid dienone is 1. The second kappa shape index (κ2) is 4.57. The van der Waals surface area contributed by atoms with E-state index in [2.05, 4.69) is 17.6 Å². The number of hydrogen-bond donors (Lipinski definition) is 0. The zero-order chi connectivity index (χ0) is 10.4. The van der Waals surface area contributed by atoms with E-state index in [1.807, 2.05) is 25.1 Å². The topological polar surface area (TPSA) is 36.7 Å². The fraction of sp³-hybridized carbons (Fsp3) is 0.333. The Morgan fingerprint density at radius 1 is 1.64 bits per heavy atom. The minimum Gasteiger partial charge on any atom is -0.260 e. The molecule has 0 radical (unpaired) electrons. The first-order valence-corrected chi connectivity index (χ1v) is 4.72. The summed E-state index contributed by atoms with van der Waals surface area (Å²) in [4.78, 5) is 4.24. The number of aromatic nitrogens is 1. The first-order chi connectivity index (χ1) is 6.79. The van der Waals surface area contributed by atoms with Crippen molar-refractivity contribution in [3.63, 3.8) is 0 Å². The summed E-state index contributed by atoms with van der Waals surface area (Å²) < 4.78 is 0. The van der Waals surface area contributed by atoms with E-state index in [9.17, 15) is 5.26 Å². The monoisotopic (exact) mass is 186 g/mol. The van der Waals surface area contributed by atoms with Crippen LogP contribution in [0.1, 0.15) is 25.5 Å². The van der Waals surface area contributed by atoms with Gasteiger partial charge in [-0.15, -0.1) is 6.58 Å². The quantitative estimate of drug-likeness (QED) is 0.678. The molecule has 0 aliphatic heterocycles. The van der Waals surface area contributed by atoms with E-state index in [1.54, 1.807) is 12.3 Å². The number of nitriles is 1. The molecule has 1 unspecified atom stereocenters. The molecule has 2 heteroatoms. The van der Waals surface area contributed by atoms with E-state index in [-0.39, 0.29) is 0 Å². The molecule has 0 amide bonds. The molecule has 0 saturated heterocycles. The standard InChI is InChI=1S/C12H14N2/c1-3-8-12(4-2,10-13)11-7-5-6-9-14-11/h3,5-7,9H,1,4,8H2,2H3. The molecular weight excluding hydrogens is 172 g/mol. The predicted octanol–water partition coefficient (Wildman–Crippen LogP) is 2.83. The van der Waals surface area contributed by atoms with Crippen molar-refractivity contribution in [2.24, 2.45) is 0 Å². The van der Waals surface area contributed by atoms with Gasteiger partial charge in [0.2, 0.25) is 0 Å². The van der Waals surface area contributed by atoms with Crippen LogP contribution in [-0.4, -0.2) is 4.98 Å². The lowest BCUT2D eigenvalue weighted by Gasteiger charge is -2.22. The van der Waals surface area contributed by atoms with Gasteiger partial charge in [0.15, 0.2) is 0 Å². The summed E-state index contributed by atoms with van der Waals surface area (Å²) in [5.74, 6) is 0. The highest BCUT2D eigenvalue weighted by atomic mass is 14.7. The third-order valence-electron chi connectivity index (χ3n) is 2.47. The van der Waals surface area contributed by atoms with Crippen molar-refractivity contribution in [2.75, 3.05) is 0 Å². The molecule has 0 fully saturated rings. The van der Waals surface area contributed by atoms with Gasteiger partial charge >= 0.3 is 0 Å². The van der Waals surface area contributed by atoms with E-state index in [1.165, 1.54) is 0 Å². The maximum Gasteiger partial charge on any atom is 0.102 e. The predicted molar refractivity (Wildman–Crippen MR) is 56.6 cm³/mol. The van der Waals surface area contributed by atoms with Crippen LogP contribution in [0.4, 0.5) is 0 Å². The third kappa shape index (κ3) is 1.82. The van der Waals surface area contributed by atoms with Gasteiger partial charge in [-0.25, -0.2) is 0 Å². The molecule has 14 heavy (non-hydrogen) atoms. The number of hydrogen-bond acceptors (Lipinski definition) is 2. The Labute approximate surface area is 84.9 Å². The summed E-state index contributed by atoms with van der Waals surface area (Å²) in [7, 11) is 0. The Hall–Kier alpha value is -1.62. The van der Waals surface area contributed by atoms with Gasteiger partial charge < -0.3 is 0 Å². The fourth-order valence-electron chi connectivity index (χ4n) is 1.50. The van der Waals surface area contributed by atoms with Crippen LogP contribution >= 0.6 is 0 Å². The molecular formula is C12H14N2. The van der Waals surface area contributed by atoms with Crippen LogP contribution in [0.15, 0.2) is 37.1 Å². The molecule has 1 atom stereocenters. The number of pyridine rings is 1. The van der Waals surface area contributed by atoms with Gasteiger partial charge in [0.05, 0.1) is 11.8 Å². The van der Waals surface area contributed by atoms with E-state index in [4.69, 9.17) is 0 Å². The maximum atomic E-state index is 9.22. The minimum absolute atomic E-state index is 0.497. The van der Waals surface area contributed by atoms with E-state index in [0.717, 1.165) is 12.1 Å². The molecule has 0 aromatic carbocycles. The molecule has 2 nitrogen and oxygen atoms in total. The first kappa shape index (κ1) is 10.5. The summed E-state index contributed by atoms with van der Waals surface area (Å²) in [6.07, 6.45) is 4.91.